The molecule has 0 heterocycles. The van der Waals surface area contributed by atoms with E-state index in [0.29, 0.717) is 48.7 Å². The van der Waals surface area contributed by atoms with E-state index in [-0.39, 0.29) is 0 Å². The van der Waals surface area contributed by atoms with E-state index in [4.69, 9.17) is 18.9 Å². The molecule has 0 aliphatic heterocycles. The van der Waals surface area contributed by atoms with Crippen molar-refractivity contribution in [1.82, 2.24) is 0 Å². The lowest BCUT2D eigenvalue weighted by atomic mass is 10.2. The molecular weight excluding hydrogens is 384 g/mol. The Labute approximate surface area is 177 Å². The predicted octanol–water partition coefficient (Wildman–Crippen LogP) is 4.28. The third kappa shape index (κ3) is 7.17. The van der Waals surface area contributed by atoms with Crippen LogP contribution in [0.2, 0.25) is 0 Å². The SMILES string of the molecule is COC(=O)c1ccccc1OCCCC#CCCCOc1ccccc1C(=O)OC. The summed E-state index contributed by atoms with van der Waals surface area (Å²) < 4.78 is 20.8. The minimum absolute atomic E-state index is 0.415. The summed E-state index contributed by atoms with van der Waals surface area (Å²) in [5.41, 5.74) is 0.833. The van der Waals surface area contributed by atoms with E-state index in [1.807, 2.05) is 12.1 Å². The fourth-order valence-corrected chi connectivity index (χ4v) is 2.60. The maximum absolute atomic E-state index is 11.7. The van der Waals surface area contributed by atoms with Gasteiger partial charge in [0, 0.05) is 12.8 Å². The minimum Gasteiger partial charge on any atom is -0.493 e. The van der Waals surface area contributed by atoms with Crippen molar-refractivity contribution in [2.24, 2.45) is 0 Å². The summed E-state index contributed by atoms with van der Waals surface area (Å²) in [4.78, 5) is 23.4. The monoisotopic (exact) mass is 410 g/mol. The number of carbonyl (C=O) groups excluding carboxylic acids is 2. The zero-order valence-corrected chi connectivity index (χ0v) is 17.3. The maximum Gasteiger partial charge on any atom is 0.341 e. The summed E-state index contributed by atoms with van der Waals surface area (Å²) in [5.74, 6) is 6.41. The number of hydrogen-bond donors (Lipinski definition) is 0. The number of unbranched alkanes of at least 4 members (excludes halogenated alkanes) is 2. The van der Waals surface area contributed by atoms with E-state index in [9.17, 15) is 9.59 Å². The molecule has 0 atom stereocenters. The van der Waals surface area contributed by atoms with Crippen LogP contribution in [0.15, 0.2) is 48.5 Å². The average molecular weight is 410 g/mol. The number of ether oxygens (including phenoxy) is 4. The van der Waals surface area contributed by atoms with Gasteiger partial charge in [0.15, 0.2) is 0 Å². The van der Waals surface area contributed by atoms with Gasteiger partial charge in [-0.15, -0.1) is 11.8 Å². The first kappa shape index (κ1) is 22.8. The van der Waals surface area contributed by atoms with E-state index in [1.54, 1.807) is 36.4 Å². The van der Waals surface area contributed by atoms with Crippen LogP contribution in [0.1, 0.15) is 46.4 Å². The molecule has 0 N–H and O–H groups in total. The topological polar surface area (TPSA) is 71.1 Å². The molecule has 30 heavy (non-hydrogen) atoms. The Morgan fingerprint density at radius 2 is 1.10 bits per heavy atom. The molecule has 158 valence electrons. The van der Waals surface area contributed by atoms with Crippen molar-refractivity contribution >= 4 is 11.9 Å². The fraction of sp³-hybridized carbons (Fsp3) is 0.333. The second-order valence-corrected chi connectivity index (χ2v) is 6.23. The van der Waals surface area contributed by atoms with Crippen LogP contribution in [-0.2, 0) is 9.47 Å². The summed E-state index contributed by atoms with van der Waals surface area (Å²) in [6, 6.07) is 14.0. The van der Waals surface area contributed by atoms with E-state index < -0.39 is 11.9 Å². The molecule has 2 aromatic rings. The molecule has 0 amide bonds. The maximum atomic E-state index is 11.7. The molecule has 0 unspecified atom stereocenters. The van der Waals surface area contributed by atoms with E-state index in [2.05, 4.69) is 11.8 Å². The first-order valence-corrected chi connectivity index (χ1v) is 9.73. The molecule has 0 aliphatic rings. The lowest BCUT2D eigenvalue weighted by molar-refractivity contribution is 0.0586. The van der Waals surface area contributed by atoms with Crippen molar-refractivity contribution in [2.75, 3.05) is 27.4 Å². The van der Waals surface area contributed by atoms with Gasteiger partial charge in [-0.25, -0.2) is 9.59 Å². The van der Waals surface area contributed by atoms with Crippen molar-refractivity contribution in [3.8, 4) is 23.3 Å². The highest BCUT2D eigenvalue weighted by molar-refractivity contribution is 5.92. The summed E-state index contributed by atoms with van der Waals surface area (Å²) in [6.45, 7) is 0.937. The van der Waals surface area contributed by atoms with Crippen LogP contribution in [0.3, 0.4) is 0 Å². The summed E-state index contributed by atoms with van der Waals surface area (Å²) in [6.07, 6.45) is 2.91. The number of benzene rings is 2. The van der Waals surface area contributed by atoms with Crippen LogP contribution >= 0.6 is 0 Å². The second-order valence-electron chi connectivity index (χ2n) is 6.23. The first-order valence-electron chi connectivity index (χ1n) is 9.73. The summed E-state index contributed by atoms with van der Waals surface area (Å²) in [5, 5.41) is 0. The highest BCUT2D eigenvalue weighted by Crippen LogP contribution is 2.20. The van der Waals surface area contributed by atoms with Gasteiger partial charge in [0.1, 0.15) is 22.6 Å². The highest BCUT2D eigenvalue weighted by atomic mass is 16.5. The Kier molecular flexibility index (Phi) is 9.81. The molecule has 2 rings (SSSR count). The molecule has 0 spiro atoms. The number of methoxy groups -OCH3 is 2. The fourth-order valence-electron chi connectivity index (χ4n) is 2.60. The van der Waals surface area contributed by atoms with Crippen molar-refractivity contribution in [3.05, 3.63) is 59.7 Å². The predicted molar refractivity (Wildman–Crippen MR) is 113 cm³/mol. The Hall–Kier alpha value is -3.46. The number of hydrogen-bond acceptors (Lipinski definition) is 6. The summed E-state index contributed by atoms with van der Waals surface area (Å²) in [7, 11) is 2.69. The van der Waals surface area contributed by atoms with Crippen molar-refractivity contribution < 1.29 is 28.5 Å². The second kappa shape index (κ2) is 12.9. The van der Waals surface area contributed by atoms with Crippen LogP contribution in [0.5, 0.6) is 11.5 Å². The molecule has 2 aromatic carbocycles. The Balaban J connectivity index is 1.64. The van der Waals surface area contributed by atoms with Gasteiger partial charge < -0.3 is 18.9 Å². The average Bonchev–Trinajstić information content (AvgIpc) is 2.79. The van der Waals surface area contributed by atoms with Crippen LogP contribution < -0.4 is 9.47 Å². The molecule has 6 nitrogen and oxygen atoms in total. The van der Waals surface area contributed by atoms with Gasteiger partial charge in [0.25, 0.3) is 0 Å². The number of carbonyl (C=O) groups is 2. The standard InChI is InChI=1S/C24H26O6/c1-27-23(25)19-13-7-9-15-21(19)29-17-11-5-3-4-6-12-18-30-22-16-10-8-14-20(22)24(26)28-2/h7-10,13-16H,5-6,11-12,17-18H2,1-2H3. The van der Waals surface area contributed by atoms with Crippen molar-refractivity contribution in [3.63, 3.8) is 0 Å². The van der Waals surface area contributed by atoms with Gasteiger partial charge in [-0.05, 0) is 37.1 Å². The van der Waals surface area contributed by atoms with Crippen LogP contribution in [-0.4, -0.2) is 39.4 Å². The summed E-state index contributed by atoms with van der Waals surface area (Å²) >= 11 is 0. The van der Waals surface area contributed by atoms with Crippen LogP contribution in [0.4, 0.5) is 0 Å². The van der Waals surface area contributed by atoms with E-state index in [1.165, 1.54) is 14.2 Å². The Morgan fingerprint density at radius 1 is 0.700 bits per heavy atom. The van der Waals surface area contributed by atoms with Gasteiger partial charge in [0.2, 0.25) is 0 Å². The highest BCUT2D eigenvalue weighted by Gasteiger charge is 2.12. The molecule has 6 heteroatoms. The van der Waals surface area contributed by atoms with Gasteiger partial charge in [-0.1, -0.05) is 24.3 Å². The number of rotatable bonds is 10. The normalized spacial score (nSPS) is 9.80. The quantitative estimate of drug-likeness (QED) is 0.331. The largest absolute Gasteiger partial charge is 0.493 e. The third-order valence-electron chi connectivity index (χ3n) is 4.12. The van der Waals surface area contributed by atoms with Crippen LogP contribution in [0, 0.1) is 11.8 Å². The molecule has 0 bridgehead atoms. The van der Waals surface area contributed by atoms with Crippen LogP contribution in [0.25, 0.3) is 0 Å². The van der Waals surface area contributed by atoms with Gasteiger partial charge in [-0.2, -0.15) is 0 Å². The molecule has 0 aliphatic carbocycles. The number of para-hydroxylation sites is 2. The smallest absolute Gasteiger partial charge is 0.341 e. The van der Waals surface area contributed by atoms with Gasteiger partial charge in [0.05, 0.1) is 27.4 Å². The molecule has 0 radical (unpaired) electrons. The molecule has 0 saturated carbocycles. The Bertz CT molecular complexity index is 822. The molecular formula is C24H26O6. The van der Waals surface area contributed by atoms with Gasteiger partial charge >= 0.3 is 11.9 Å². The lowest BCUT2D eigenvalue weighted by Gasteiger charge is -2.09. The molecule has 0 aromatic heterocycles. The molecule has 0 fully saturated rings. The zero-order valence-electron chi connectivity index (χ0n) is 17.3. The van der Waals surface area contributed by atoms with Gasteiger partial charge in [-0.3, -0.25) is 0 Å². The van der Waals surface area contributed by atoms with E-state index >= 15 is 0 Å². The first-order chi connectivity index (χ1) is 14.7. The minimum atomic E-state index is -0.415. The zero-order chi connectivity index (χ0) is 21.6. The van der Waals surface area contributed by atoms with E-state index in [0.717, 1.165) is 12.8 Å². The van der Waals surface area contributed by atoms with Crippen molar-refractivity contribution in [1.29, 1.82) is 0 Å². The third-order valence-corrected chi connectivity index (χ3v) is 4.12. The number of esters is 2. The van der Waals surface area contributed by atoms with Crippen molar-refractivity contribution in [2.45, 2.75) is 25.7 Å². The Morgan fingerprint density at radius 3 is 1.50 bits per heavy atom. The lowest BCUT2D eigenvalue weighted by Crippen LogP contribution is -2.06. The molecule has 0 saturated heterocycles.